The maximum atomic E-state index is 12.3. The Kier molecular flexibility index (Phi) is 7.08. The molecule has 2 aromatic carbocycles. The van der Waals surface area contributed by atoms with Crippen molar-refractivity contribution in [2.45, 2.75) is 24.3 Å². The normalized spacial score (nSPS) is 10.7. The summed E-state index contributed by atoms with van der Waals surface area (Å²) in [5.74, 6) is -0.806. The molecule has 0 aliphatic rings. The van der Waals surface area contributed by atoms with Gasteiger partial charge in [0.25, 0.3) is 5.22 Å². The third kappa shape index (κ3) is 5.06. The standard InChI is InChI=1S/C22H21NO5S/c1-3-26-20(24)19(21(25)27-4-2)29-22-23-17(15-11-7-5-8-12-15)18(28-22)16-13-9-6-10-14-16/h5-14,19H,3-4H2,1-2H3. The fraction of sp³-hybridized carbons (Fsp3) is 0.227. The van der Waals surface area contributed by atoms with E-state index < -0.39 is 17.2 Å². The van der Waals surface area contributed by atoms with E-state index in [1.165, 1.54) is 0 Å². The van der Waals surface area contributed by atoms with Gasteiger partial charge in [-0.25, -0.2) is 4.98 Å². The van der Waals surface area contributed by atoms with Crippen molar-refractivity contribution in [1.29, 1.82) is 0 Å². The topological polar surface area (TPSA) is 78.6 Å². The zero-order valence-corrected chi connectivity index (χ0v) is 17.0. The zero-order chi connectivity index (χ0) is 20.6. The number of ether oxygens (including phenoxy) is 2. The number of hydrogen-bond donors (Lipinski definition) is 0. The minimum Gasteiger partial charge on any atom is -0.465 e. The Morgan fingerprint density at radius 3 is 1.93 bits per heavy atom. The summed E-state index contributed by atoms with van der Waals surface area (Å²) in [4.78, 5) is 29.1. The van der Waals surface area contributed by atoms with Gasteiger partial charge < -0.3 is 13.9 Å². The number of benzene rings is 2. The summed E-state index contributed by atoms with van der Waals surface area (Å²) in [6.45, 7) is 3.67. The average molecular weight is 411 g/mol. The van der Waals surface area contributed by atoms with Gasteiger partial charge in [0.1, 0.15) is 5.69 Å². The van der Waals surface area contributed by atoms with E-state index in [-0.39, 0.29) is 18.4 Å². The predicted octanol–water partition coefficient (Wildman–Crippen LogP) is 4.60. The van der Waals surface area contributed by atoms with Gasteiger partial charge in [0.05, 0.1) is 13.2 Å². The number of nitrogens with zero attached hydrogens (tertiary/aromatic N) is 1. The molecule has 29 heavy (non-hydrogen) atoms. The molecule has 0 aliphatic heterocycles. The molecule has 0 fully saturated rings. The van der Waals surface area contributed by atoms with Crippen molar-refractivity contribution in [3.05, 3.63) is 60.7 Å². The molecular formula is C22H21NO5S. The third-order valence-electron chi connectivity index (χ3n) is 3.91. The van der Waals surface area contributed by atoms with Crippen molar-refractivity contribution < 1.29 is 23.5 Å². The molecule has 3 rings (SSSR count). The number of hydrogen-bond acceptors (Lipinski definition) is 7. The summed E-state index contributed by atoms with van der Waals surface area (Å²) in [6.07, 6.45) is 0. The van der Waals surface area contributed by atoms with Crippen LogP contribution in [-0.4, -0.2) is 35.4 Å². The molecular weight excluding hydrogens is 390 g/mol. The van der Waals surface area contributed by atoms with E-state index >= 15 is 0 Å². The highest BCUT2D eigenvalue weighted by atomic mass is 32.2. The van der Waals surface area contributed by atoms with Gasteiger partial charge in [0.2, 0.25) is 5.25 Å². The molecule has 0 unspecified atom stereocenters. The van der Waals surface area contributed by atoms with Crippen LogP contribution in [0.2, 0.25) is 0 Å². The fourth-order valence-corrected chi connectivity index (χ4v) is 3.46. The maximum absolute atomic E-state index is 12.3. The maximum Gasteiger partial charge on any atom is 0.331 e. The number of esters is 2. The molecule has 0 N–H and O–H groups in total. The van der Waals surface area contributed by atoms with Gasteiger partial charge >= 0.3 is 11.9 Å². The number of carbonyl (C=O) groups is 2. The number of thioether (sulfide) groups is 1. The van der Waals surface area contributed by atoms with Crippen LogP contribution < -0.4 is 0 Å². The summed E-state index contributed by atoms with van der Waals surface area (Å²) in [5.41, 5.74) is 2.34. The van der Waals surface area contributed by atoms with Gasteiger partial charge in [-0.3, -0.25) is 9.59 Å². The molecule has 7 heteroatoms. The first-order valence-electron chi connectivity index (χ1n) is 9.25. The SMILES string of the molecule is CCOC(=O)C(Sc1nc(-c2ccccc2)c(-c2ccccc2)o1)C(=O)OCC. The van der Waals surface area contributed by atoms with Crippen LogP contribution in [0.4, 0.5) is 0 Å². The molecule has 0 spiro atoms. The van der Waals surface area contributed by atoms with Crippen LogP contribution >= 0.6 is 11.8 Å². The lowest BCUT2D eigenvalue weighted by atomic mass is 10.1. The summed E-state index contributed by atoms with van der Waals surface area (Å²) in [6, 6.07) is 19.1. The van der Waals surface area contributed by atoms with Gasteiger partial charge in [0, 0.05) is 11.1 Å². The molecule has 6 nitrogen and oxygen atoms in total. The van der Waals surface area contributed by atoms with Crippen LogP contribution in [-0.2, 0) is 19.1 Å². The number of oxazole rings is 1. The van der Waals surface area contributed by atoms with Gasteiger partial charge in [-0.2, -0.15) is 0 Å². The Hall–Kier alpha value is -3.06. The van der Waals surface area contributed by atoms with E-state index in [9.17, 15) is 9.59 Å². The van der Waals surface area contributed by atoms with Crippen LogP contribution in [0, 0.1) is 0 Å². The Labute approximate surface area is 173 Å². The lowest BCUT2D eigenvalue weighted by Gasteiger charge is -2.11. The second-order valence-electron chi connectivity index (χ2n) is 5.89. The number of rotatable bonds is 8. The molecule has 0 saturated heterocycles. The minimum absolute atomic E-state index is 0.158. The highest BCUT2D eigenvalue weighted by Gasteiger charge is 2.33. The van der Waals surface area contributed by atoms with Crippen LogP contribution in [0.3, 0.4) is 0 Å². The number of carbonyl (C=O) groups excluding carboxylic acids is 2. The lowest BCUT2D eigenvalue weighted by Crippen LogP contribution is -2.30. The van der Waals surface area contributed by atoms with Crippen molar-refractivity contribution in [3.8, 4) is 22.6 Å². The second-order valence-corrected chi connectivity index (χ2v) is 6.95. The lowest BCUT2D eigenvalue weighted by molar-refractivity contribution is -0.152. The monoisotopic (exact) mass is 411 g/mol. The molecule has 0 atom stereocenters. The first-order chi connectivity index (χ1) is 14.1. The molecule has 1 aromatic heterocycles. The van der Waals surface area contributed by atoms with Crippen LogP contribution in [0.25, 0.3) is 22.6 Å². The van der Waals surface area contributed by atoms with Crippen LogP contribution in [0.15, 0.2) is 70.3 Å². The summed E-state index contributed by atoms with van der Waals surface area (Å²) in [5, 5.41) is -1.02. The molecule has 0 bridgehead atoms. The van der Waals surface area contributed by atoms with E-state index in [1.807, 2.05) is 60.7 Å². The van der Waals surface area contributed by atoms with Crippen molar-refractivity contribution in [3.63, 3.8) is 0 Å². The molecule has 0 aliphatic carbocycles. The van der Waals surface area contributed by atoms with E-state index in [4.69, 9.17) is 13.9 Å². The molecule has 150 valence electrons. The Bertz CT molecular complexity index is 881. The Morgan fingerprint density at radius 1 is 0.897 bits per heavy atom. The van der Waals surface area contributed by atoms with Crippen molar-refractivity contribution in [2.75, 3.05) is 13.2 Å². The Balaban J connectivity index is 1.99. The van der Waals surface area contributed by atoms with Gasteiger partial charge in [0.15, 0.2) is 5.76 Å². The fourth-order valence-electron chi connectivity index (χ4n) is 2.66. The summed E-state index contributed by atoms with van der Waals surface area (Å²) < 4.78 is 16.0. The van der Waals surface area contributed by atoms with E-state index in [0.717, 1.165) is 22.9 Å². The molecule has 0 radical (unpaired) electrons. The van der Waals surface area contributed by atoms with Crippen molar-refractivity contribution >= 4 is 23.7 Å². The van der Waals surface area contributed by atoms with Crippen molar-refractivity contribution in [2.24, 2.45) is 0 Å². The molecule has 0 saturated carbocycles. The van der Waals surface area contributed by atoms with Gasteiger partial charge in [-0.1, -0.05) is 60.7 Å². The minimum atomic E-state index is -1.21. The van der Waals surface area contributed by atoms with Gasteiger partial charge in [-0.05, 0) is 25.6 Å². The summed E-state index contributed by atoms with van der Waals surface area (Å²) >= 11 is 0.882. The van der Waals surface area contributed by atoms with Crippen LogP contribution in [0.5, 0.6) is 0 Å². The highest BCUT2D eigenvalue weighted by Crippen LogP contribution is 2.37. The summed E-state index contributed by atoms with van der Waals surface area (Å²) in [7, 11) is 0. The van der Waals surface area contributed by atoms with Crippen LogP contribution in [0.1, 0.15) is 13.8 Å². The largest absolute Gasteiger partial charge is 0.465 e. The Morgan fingerprint density at radius 2 is 1.41 bits per heavy atom. The van der Waals surface area contributed by atoms with E-state index in [0.29, 0.717) is 11.5 Å². The first kappa shape index (κ1) is 20.7. The third-order valence-corrected chi connectivity index (χ3v) is 4.91. The second kappa shape index (κ2) is 9.93. The smallest absolute Gasteiger partial charge is 0.331 e. The van der Waals surface area contributed by atoms with E-state index in [2.05, 4.69) is 4.98 Å². The predicted molar refractivity (Wildman–Crippen MR) is 110 cm³/mol. The van der Waals surface area contributed by atoms with Crippen molar-refractivity contribution in [1.82, 2.24) is 4.98 Å². The zero-order valence-electron chi connectivity index (χ0n) is 16.2. The molecule has 1 heterocycles. The first-order valence-corrected chi connectivity index (χ1v) is 10.1. The average Bonchev–Trinajstić information content (AvgIpc) is 3.17. The molecule has 0 amide bonds. The number of aromatic nitrogens is 1. The highest BCUT2D eigenvalue weighted by molar-refractivity contribution is 8.01. The van der Waals surface area contributed by atoms with Gasteiger partial charge in [-0.15, -0.1) is 0 Å². The van der Waals surface area contributed by atoms with E-state index in [1.54, 1.807) is 13.8 Å². The quantitative estimate of drug-likeness (QED) is 0.305. The molecule has 3 aromatic rings.